The Balaban J connectivity index is 1.57. The zero-order chi connectivity index (χ0) is 23.0. The summed E-state index contributed by atoms with van der Waals surface area (Å²) in [6.45, 7) is 2.03. The van der Waals surface area contributed by atoms with Crippen LogP contribution in [0.5, 0.6) is 0 Å². The molecule has 4 rings (SSSR count). The van der Waals surface area contributed by atoms with Crippen LogP contribution in [-0.2, 0) is 17.8 Å². The molecular weight excluding hydrogens is 414 g/mol. The molecule has 1 aliphatic carbocycles. The second-order valence-corrected chi connectivity index (χ2v) is 9.47. The lowest BCUT2D eigenvalue weighted by Gasteiger charge is -2.47. The number of piperazine rings is 1. The third kappa shape index (κ3) is 6.57. The second-order valence-electron chi connectivity index (χ2n) is 9.47. The van der Waals surface area contributed by atoms with Crippen molar-refractivity contribution < 1.29 is 14.7 Å². The first-order valence-electron chi connectivity index (χ1n) is 12.2. The first-order valence-corrected chi connectivity index (χ1v) is 12.2. The molecule has 2 amide bonds. The van der Waals surface area contributed by atoms with Gasteiger partial charge in [0.15, 0.2) is 0 Å². The van der Waals surface area contributed by atoms with Gasteiger partial charge in [0.25, 0.3) is 0 Å². The summed E-state index contributed by atoms with van der Waals surface area (Å²) in [5.74, 6) is -0.865. The van der Waals surface area contributed by atoms with Crippen LogP contribution in [0.15, 0.2) is 60.7 Å². The van der Waals surface area contributed by atoms with Gasteiger partial charge in [0, 0.05) is 25.7 Å². The van der Waals surface area contributed by atoms with Crippen molar-refractivity contribution in [2.75, 3.05) is 13.1 Å². The smallest absolute Gasteiger partial charge is 0.318 e. The Morgan fingerprint density at radius 2 is 1.45 bits per heavy atom. The summed E-state index contributed by atoms with van der Waals surface area (Å²) >= 11 is 0. The highest BCUT2D eigenvalue weighted by Crippen LogP contribution is 2.25. The van der Waals surface area contributed by atoms with E-state index in [9.17, 15) is 14.7 Å². The molecular formula is C27H35N3O3. The summed E-state index contributed by atoms with van der Waals surface area (Å²) in [5, 5.41) is 12.9. The van der Waals surface area contributed by atoms with Gasteiger partial charge in [0.1, 0.15) is 0 Å². The fourth-order valence-electron chi connectivity index (χ4n) is 5.36. The molecule has 0 bridgehead atoms. The normalized spacial score (nSPS) is 22.1. The van der Waals surface area contributed by atoms with Gasteiger partial charge >= 0.3 is 12.0 Å². The highest BCUT2D eigenvalue weighted by molar-refractivity contribution is 5.77. The third-order valence-corrected chi connectivity index (χ3v) is 6.87. The van der Waals surface area contributed by atoms with Gasteiger partial charge in [-0.1, -0.05) is 79.9 Å². The van der Waals surface area contributed by atoms with Crippen molar-refractivity contribution in [2.24, 2.45) is 0 Å². The van der Waals surface area contributed by atoms with E-state index in [0.717, 1.165) is 44.3 Å². The third-order valence-electron chi connectivity index (χ3n) is 6.87. The van der Waals surface area contributed by atoms with Crippen molar-refractivity contribution in [1.82, 2.24) is 15.1 Å². The highest BCUT2D eigenvalue weighted by atomic mass is 16.4. The SMILES string of the molecule is O=C(O)CC1CN(Cc2ccccc2)CC(Cc2ccccc2)N1C(=O)NC1CCCCC1. The fraction of sp³-hybridized carbons (Fsp3) is 0.481. The van der Waals surface area contributed by atoms with E-state index in [1.54, 1.807) is 0 Å². The van der Waals surface area contributed by atoms with E-state index >= 15 is 0 Å². The Morgan fingerprint density at radius 1 is 0.848 bits per heavy atom. The molecule has 2 atom stereocenters. The van der Waals surface area contributed by atoms with Gasteiger partial charge in [0.2, 0.25) is 0 Å². The van der Waals surface area contributed by atoms with Gasteiger partial charge in [-0.05, 0) is 30.4 Å². The van der Waals surface area contributed by atoms with Crippen LogP contribution in [0.1, 0.15) is 49.7 Å². The Bertz CT molecular complexity index is 899. The molecule has 2 N–H and O–H groups in total. The van der Waals surface area contributed by atoms with Crippen LogP contribution in [0.2, 0.25) is 0 Å². The van der Waals surface area contributed by atoms with Crippen LogP contribution >= 0.6 is 0 Å². The number of carbonyl (C=O) groups is 2. The van der Waals surface area contributed by atoms with Crippen LogP contribution < -0.4 is 5.32 Å². The quantitative estimate of drug-likeness (QED) is 0.661. The van der Waals surface area contributed by atoms with Gasteiger partial charge in [-0.2, -0.15) is 0 Å². The van der Waals surface area contributed by atoms with Gasteiger partial charge < -0.3 is 15.3 Å². The van der Waals surface area contributed by atoms with Crippen LogP contribution in [0, 0.1) is 0 Å². The minimum absolute atomic E-state index is 0.0470. The molecule has 2 aromatic carbocycles. The van der Waals surface area contributed by atoms with Crippen molar-refractivity contribution in [3.8, 4) is 0 Å². The number of rotatable bonds is 7. The Kier molecular flexibility index (Phi) is 8.00. The highest BCUT2D eigenvalue weighted by Gasteiger charge is 2.39. The van der Waals surface area contributed by atoms with Crippen molar-refractivity contribution in [2.45, 2.75) is 69.6 Å². The summed E-state index contributed by atoms with van der Waals surface area (Å²) in [7, 11) is 0. The molecule has 1 heterocycles. The predicted octanol–water partition coefficient (Wildman–Crippen LogP) is 4.30. The summed E-state index contributed by atoms with van der Waals surface area (Å²) in [6, 6.07) is 20.1. The summed E-state index contributed by atoms with van der Waals surface area (Å²) in [5.41, 5.74) is 2.36. The summed E-state index contributed by atoms with van der Waals surface area (Å²) in [6.07, 6.45) is 6.18. The molecule has 2 aliphatic rings. The number of aliphatic carboxylic acids is 1. The van der Waals surface area contributed by atoms with Crippen LogP contribution in [0.25, 0.3) is 0 Å². The minimum atomic E-state index is -0.865. The number of carboxylic acids is 1. The monoisotopic (exact) mass is 449 g/mol. The molecule has 6 heteroatoms. The number of urea groups is 1. The fourth-order valence-corrected chi connectivity index (χ4v) is 5.36. The van der Waals surface area contributed by atoms with E-state index in [1.807, 2.05) is 41.3 Å². The molecule has 33 heavy (non-hydrogen) atoms. The van der Waals surface area contributed by atoms with Crippen molar-refractivity contribution in [1.29, 1.82) is 0 Å². The van der Waals surface area contributed by atoms with Crippen molar-refractivity contribution in [3.63, 3.8) is 0 Å². The van der Waals surface area contributed by atoms with E-state index in [-0.39, 0.29) is 30.6 Å². The van der Waals surface area contributed by atoms with E-state index in [0.29, 0.717) is 13.0 Å². The van der Waals surface area contributed by atoms with E-state index in [2.05, 4.69) is 34.5 Å². The summed E-state index contributed by atoms with van der Waals surface area (Å²) in [4.78, 5) is 29.5. The molecule has 2 fully saturated rings. The summed E-state index contributed by atoms with van der Waals surface area (Å²) < 4.78 is 0. The van der Waals surface area contributed by atoms with Crippen LogP contribution in [0.3, 0.4) is 0 Å². The van der Waals surface area contributed by atoms with E-state index in [4.69, 9.17) is 0 Å². The van der Waals surface area contributed by atoms with Gasteiger partial charge in [-0.3, -0.25) is 9.69 Å². The molecule has 176 valence electrons. The molecule has 6 nitrogen and oxygen atoms in total. The Labute approximate surface area is 196 Å². The number of hydrogen-bond acceptors (Lipinski definition) is 3. The minimum Gasteiger partial charge on any atom is -0.481 e. The lowest BCUT2D eigenvalue weighted by atomic mass is 9.95. The second kappa shape index (κ2) is 11.3. The molecule has 0 aromatic heterocycles. The van der Waals surface area contributed by atoms with Crippen LogP contribution in [-0.4, -0.2) is 58.1 Å². The van der Waals surface area contributed by atoms with E-state index in [1.165, 1.54) is 12.0 Å². The molecule has 1 saturated carbocycles. The molecule has 0 radical (unpaired) electrons. The van der Waals surface area contributed by atoms with Gasteiger partial charge in [-0.15, -0.1) is 0 Å². The molecule has 1 aliphatic heterocycles. The topological polar surface area (TPSA) is 72.9 Å². The van der Waals surface area contributed by atoms with E-state index < -0.39 is 5.97 Å². The molecule has 2 unspecified atom stereocenters. The lowest BCUT2D eigenvalue weighted by Crippen LogP contribution is -2.64. The maximum absolute atomic E-state index is 13.5. The number of benzene rings is 2. The zero-order valence-corrected chi connectivity index (χ0v) is 19.2. The number of amides is 2. The lowest BCUT2D eigenvalue weighted by molar-refractivity contribution is -0.139. The maximum Gasteiger partial charge on any atom is 0.318 e. The first-order chi connectivity index (χ1) is 16.1. The average Bonchev–Trinajstić information content (AvgIpc) is 2.80. The molecule has 0 spiro atoms. The average molecular weight is 450 g/mol. The number of carboxylic acid groups (broad SMARTS) is 1. The van der Waals surface area contributed by atoms with Crippen LogP contribution in [0.4, 0.5) is 4.79 Å². The number of nitrogens with zero attached hydrogens (tertiary/aromatic N) is 2. The largest absolute Gasteiger partial charge is 0.481 e. The van der Waals surface area contributed by atoms with Crippen molar-refractivity contribution >= 4 is 12.0 Å². The number of hydrogen-bond donors (Lipinski definition) is 2. The Morgan fingerprint density at radius 3 is 2.09 bits per heavy atom. The number of nitrogens with one attached hydrogen (secondary N) is 1. The predicted molar refractivity (Wildman–Crippen MR) is 129 cm³/mol. The van der Waals surface area contributed by atoms with Gasteiger partial charge in [0.05, 0.1) is 18.5 Å². The maximum atomic E-state index is 13.5. The van der Waals surface area contributed by atoms with Gasteiger partial charge in [-0.25, -0.2) is 4.79 Å². The Hall–Kier alpha value is -2.86. The number of carbonyl (C=O) groups excluding carboxylic acids is 1. The first kappa shape index (κ1) is 23.3. The van der Waals surface area contributed by atoms with Crippen molar-refractivity contribution in [3.05, 3.63) is 71.8 Å². The molecule has 1 saturated heterocycles. The standard InChI is InChI=1S/C27H35N3O3/c31-26(32)17-25-20-29(18-22-12-6-2-7-13-22)19-24(16-21-10-4-1-5-11-21)30(25)27(33)28-23-14-8-3-9-15-23/h1-2,4-7,10-13,23-25H,3,8-9,14-20H2,(H,28,33)(H,31,32). The molecule has 2 aromatic rings. The zero-order valence-electron chi connectivity index (χ0n) is 19.2.